The van der Waals surface area contributed by atoms with Crippen molar-refractivity contribution in [1.82, 2.24) is 4.57 Å². The van der Waals surface area contributed by atoms with Crippen LogP contribution in [0.2, 0.25) is 0 Å². The molecule has 1 aromatic carbocycles. The lowest BCUT2D eigenvalue weighted by Crippen LogP contribution is -2.16. The predicted octanol–water partition coefficient (Wildman–Crippen LogP) is 4.63. The van der Waals surface area contributed by atoms with Crippen LogP contribution in [0.3, 0.4) is 0 Å². The number of carbonyl (C=O) groups excluding carboxylic acids is 2. The molecule has 33 heavy (non-hydrogen) atoms. The molecule has 0 aliphatic carbocycles. The molecule has 1 aliphatic heterocycles. The molecule has 0 radical (unpaired) electrons. The molecule has 0 bridgehead atoms. The molecule has 1 unspecified atom stereocenters. The Bertz CT molecular complexity index is 1320. The van der Waals surface area contributed by atoms with Crippen molar-refractivity contribution < 1.29 is 22.7 Å². The lowest BCUT2D eigenvalue weighted by atomic mass is 10.1. The van der Waals surface area contributed by atoms with E-state index in [1.165, 1.54) is 6.08 Å². The number of aryl methyl sites for hydroxylation is 1. The van der Waals surface area contributed by atoms with E-state index < -0.39 is 15.8 Å². The average molecular weight is 484 g/mol. The van der Waals surface area contributed by atoms with Crippen LogP contribution in [0.5, 0.6) is 0 Å². The van der Waals surface area contributed by atoms with E-state index in [0.29, 0.717) is 17.7 Å². The third kappa shape index (κ3) is 5.34. The van der Waals surface area contributed by atoms with Crippen molar-refractivity contribution in [2.24, 2.45) is 0 Å². The first kappa shape index (κ1) is 23.2. The van der Waals surface area contributed by atoms with Crippen LogP contribution in [-0.2, 0) is 19.4 Å². The summed E-state index contributed by atoms with van der Waals surface area (Å²) < 4.78 is 30.8. The molecule has 1 atom stereocenters. The van der Waals surface area contributed by atoms with Crippen molar-refractivity contribution in [1.29, 1.82) is 0 Å². The van der Waals surface area contributed by atoms with E-state index in [2.05, 4.69) is 0 Å². The highest BCUT2D eigenvalue weighted by molar-refractivity contribution is 7.91. The molecule has 0 saturated carbocycles. The maximum absolute atomic E-state index is 12.7. The standard InChI is InChI=1S/C25H25NO5S2/c1-17-14-22(18(2)26(17)20-12-13-33(29,30)16-20)23(27)15-31-25(28)11-9-21-8-10-24(32-21)19-6-4-3-5-7-19/h3-11,14,20H,12-13,15-16H2,1-2H3/b11-9+. The van der Waals surface area contributed by atoms with Gasteiger partial charge < -0.3 is 9.30 Å². The van der Waals surface area contributed by atoms with E-state index >= 15 is 0 Å². The second kappa shape index (κ2) is 9.49. The van der Waals surface area contributed by atoms with Crippen LogP contribution in [0.4, 0.5) is 0 Å². The molecule has 0 amide bonds. The van der Waals surface area contributed by atoms with Gasteiger partial charge in [-0.2, -0.15) is 0 Å². The van der Waals surface area contributed by atoms with Gasteiger partial charge in [0.1, 0.15) is 0 Å². The summed E-state index contributed by atoms with van der Waals surface area (Å²) in [4.78, 5) is 26.8. The maximum atomic E-state index is 12.7. The fourth-order valence-electron chi connectivity index (χ4n) is 4.21. The SMILES string of the molecule is Cc1cc(C(=O)COC(=O)/C=C/c2ccc(-c3ccccc3)s2)c(C)n1C1CCS(=O)(=O)C1. The van der Waals surface area contributed by atoms with Gasteiger partial charge in [-0.1, -0.05) is 30.3 Å². The number of Topliss-reactive ketones (excluding diaryl/α,β-unsaturated/α-hetero) is 1. The van der Waals surface area contributed by atoms with Gasteiger partial charge in [0.15, 0.2) is 16.4 Å². The highest BCUT2D eigenvalue weighted by Crippen LogP contribution is 2.30. The molecular weight excluding hydrogens is 458 g/mol. The molecule has 1 saturated heterocycles. The number of ether oxygens (including phenoxy) is 1. The van der Waals surface area contributed by atoms with E-state index in [1.54, 1.807) is 30.4 Å². The van der Waals surface area contributed by atoms with Gasteiger partial charge in [0.2, 0.25) is 5.78 Å². The number of nitrogens with zero attached hydrogens (tertiary/aromatic N) is 1. The summed E-state index contributed by atoms with van der Waals surface area (Å²) in [6, 6.07) is 15.5. The van der Waals surface area contributed by atoms with E-state index in [0.717, 1.165) is 21.0 Å². The van der Waals surface area contributed by atoms with E-state index in [4.69, 9.17) is 4.74 Å². The number of aromatic nitrogens is 1. The Labute approximate surface area is 197 Å². The second-order valence-electron chi connectivity index (χ2n) is 8.14. The minimum atomic E-state index is -3.04. The van der Waals surface area contributed by atoms with Crippen molar-refractivity contribution >= 4 is 39.0 Å². The van der Waals surface area contributed by atoms with Crippen LogP contribution >= 0.6 is 11.3 Å². The lowest BCUT2D eigenvalue weighted by molar-refractivity contribution is -0.136. The van der Waals surface area contributed by atoms with Gasteiger partial charge in [0.05, 0.1) is 11.5 Å². The average Bonchev–Trinajstić information content (AvgIpc) is 3.48. The number of hydrogen-bond acceptors (Lipinski definition) is 6. The fourth-order valence-corrected chi connectivity index (χ4v) is 6.83. The highest BCUT2D eigenvalue weighted by atomic mass is 32.2. The summed E-state index contributed by atoms with van der Waals surface area (Å²) in [5, 5.41) is 0. The number of hydrogen-bond donors (Lipinski definition) is 0. The van der Waals surface area contributed by atoms with Gasteiger partial charge in [-0.05, 0) is 50.1 Å². The molecule has 4 rings (SSSR count). The third-order valence-electron chi connectivity index (χ3n) is 5.77. The summed E-state index contributed by atoms with van der Waals surface area (Å²) in [6.07, 6.45) is 3.54. The molecule has 172 valence electrons. The molecule has 8 heteroatoms. The molecule has 0 N–H and O–H groups in total. The van der Waals surface area contributed by atoms with Gasteiger partial charge in [-0.3, -0.25) is 4.79 Å². The Kier molecular flexibility index (Phi) is 6.67. The number of carbonyl (C=O) groups is 2. The molecule has 1 aliphatic rings. The van der Waals surface area contributed by atoms with E-state index in [1.807, 2.05) is 54.0 Å². The van der Waals surface area contributed by atoms with Crippen molar-refractivity contribution in [3.05, 3.63) is 76.4 Å². The number of benzene rings is 1. The van der Waals surface area contributed by atoms with Gasteiger partial charge in [-0.15, -0.1) is 11.3 Å². The Morgan fingerprint density at radius 1 is 1.15 bits per heavy atom. The van der Waals surface area contributed by atoms with Gasteiger partial charge >= 0.3 is 5.97 Å². The van der Waals surface area contributed by atoms with E-state index in [-0.39, 0.29) is 29.9 Å². The molecule has 3 aromatic rings. The summed E-state index contributed by atoms with van der Waals surface area (Å²) in [6.45, 7) is 3.29. The number of sulfone groups is 1. The first-order valence-corrected chi connectivity index (χ1v) is 13.3. The lowest BCUT2D eigenvalue weighted by Gasteiger charge is -2.16. The first-order chi connectivity index (χ1) is 15.7. The number of rotatable bonds is 7. The largest absolute Gasteiger partial charge is 0.454 e. The number of ketones is 1. The van der Waals surface area contributed by atoms with Crippen molar-refractivity contribution in [3.8, 4) is 10.4 Å². The first-order valence-electron chi connectivity index (χ1n) is 10.7. The Balaban J connectivity index is 1.36. The summed E-state index contributed by atoms with van der Waals surface area (Å²) in [5.74, 6) is -0.641. The predicted molar refractivity (Wildman–Crippen MR) is 130 cm³/mol. The van der Waals surface area contributed by atoms with Crippen LogP contribution in [-0.4, -0.2) is 42.9 Å². The zero-order valence-corrected chi connectivity index (χ0v) is 20.1. The summed E-state index contributed by atoms with van der Waals surface area (Å²) >= 11 is 1.56. The summed E-state index contributed by atoms with van der Waals surface area (Å²) in [5.41, 5.74) is 3.11. The minimum Gasteiger partial charge on any atom is -0.454 e. The topological polar surface area (TPSA) is 82.4 Å². The normalized spacial score (nSPS) is 17.5. The van der Waals surface area contributed by atoms with Crippen LogP contribution < -0.4 is 0 Å². The van der Waals surface area contributed by atoms with Gasteiger partial charge in [0.25, 0.3) is 0 Å². The Morgan fingerprint density at radius 2 is 1.91 bits per heavy atom. The fraction of sp³-hybridized carbons (Fsp3) is 0.280. The molecule has 3 heterocycles. The van der Waals surface area contributed by atoms with Gasteiger partial charge in [-0.25, -0.2) is 13.2 Å². The van der Waals surface area contributed by atoms with Gasteiger partial charge in [0, 0.05) is 38.8 Å². The highest BCUT2D eigenvalue weighted by Gasteiger charge is 2.31. The van der Waals surface area contributed by atoms with Crippen LogP contribution in [0.15, 0.2) is 54.6 Å². The second-order valence-corrected chi connectivity index (χ2v) is 11.5. The molecular formula is C25H25NO5S2. The molecule has 1 fully saturated rings. The zero-order valence-electron chi connectivity index (χ0n) is 18.5. The zero-order chi connectivity index (χ0) is 23.6. The van der Waals surface area contributed by atoms with Crippen LogP contribution in [0.1, 0.15) is 39.1 Å². The van der Waals surface area contributed by atoms with Crippen molar-refractivity contribution in [3.63, 3.8) is 0 Å². The Hall–Kier alpha value is -2.97. The number of esters is 1. The van der Waals surface area contributed by atoms with Crippen molar-refractivity contribution in [2.75, 3.05) is 18.1 Å². The van der Waals surface area contributed by atoms with Crippen LogP contribution in [0.25, 0.3) is 16.5 Å². The smallest absolute Gasteiger partial charge is 0.331 e. The minimum absolute atomic E-state index is 0.0888. The van der Waals surface area contributed by atoms with E-state index in [9.17, 15) is 18.0 Å². The summed E-state index contributed by atoms with van der Waals surface area (Å²) in [7, 11) is -3.04. The van der Waals surface area contributed by atoms with Crippen LogP contribution in [0, 0.1) is 13.8 Å². The Morgan fingerprint density at radius 3 is 2.61 bits per heavy atom. The third-order valence-corrected chi connectivity index (χ3v) is 8.62. The number of thiophene rings is 1. The molecule has 2 aromatic heterocycles. The quantitative estimate of drug-likeness (QED) is 0.278. The molecule has 6 nitrogen and oxygen atoms in total. The monoisotopic (exact) mass is 483 g/mol. The van der Waals surface area contributed by atoms with Crippen molar-refractivity contribution in [2.45, 2.75) is 26.3 Å². The maximum Gasteiger partial charge on any atom is 0.331 e. The molecule has 0 spiro atoms.